The number of hydrogen-bond donors (Lipinski definition) is 1. The van der Waals surface area contributed by atoms with Gasteiger partial charge in [-0.05, 0) is 30.3 Å². The number of nitrogens with two attached hydrogens (primary N) is 1. The van der Waals surface area contributed by atoms with Crippen LogP contribution in [-0.2, 0) is 0 Å². The summed E-state index contributed by atoms with van der Waals surface area (Å²) < 4.78 is 32.4. The molecule has 2 nitrogen and oxygen atoms in total. The highest BCUT2D eigenvalue weighted by Crippen LogP contribution is 2.22. The number of ether oxygens (including phenoxy) is 1. The Morgan fingerprint density at radius 2 is 1.74 bits per heavy atom. The van der Waals surface area contributed by atoms with Crippen molar-refractivity contribution in [3.63, 3.8) is 0 Å². The van der Waals surface area contributed by atoms with Crippen LogP contribution in [0.25, 0.3) is 0 Å². The van der Waals surface area contributed by atoms with Crippen molar-refractivity contribution in [3.8, 4) is 5.75 Å². The fourth-order valence-corrected chi connectivity index (χ4v) is 1.87. The van der Waals surface area contributed by atoms with Gasteiger partial charge in [-0.1, -0.05) is 23.7 Å². The van der Waals surface area contributed by atoms with Gasteiger partial charge in [0.1, 0.15) is 24.0 Å². The average molecular weight is 284 g/mol. The Labute approximate surface area is 114 Å². The third-order valence-electron chi connectivity index (χ3n) is 2.60. The largest absolute Gasteiger partial charge is 0.492 e. The minimum atomic E-state index is -0.889. The van der Waals surface area contributed by atoms with Crippen LogP contribution >= 0.6 is 11.6 Å². The van der Waals surface area contributed by atoms with Crippen LogP contribution in [-0.4, -0.2) is 6.61 Å². The third kappa shape index (κ3) is 3.43. The molecule has 0 heterocycles. The van der Waals surface area contributed by atoms with Crippen molar-refractivity contribution in [1.29, 1.82) is 0 Å². The summed E-state index contributed by atoms with van der Waals surface area (Å²) >= 11 is 5.80. The van der Waals surface area contributed by atoms with Gasteiger partial charge in [-0.15, -0.1) is 0 Å². The Morgan fingerprint density at radius 1 is 1.11 bits per heavy atom. The van der Waals surface area contributed by atoms with Crippen LogP contribution in [0.4, 0.5) is 8.78 Å². The second-order valence-corrected chi connectivity index (χ2v) is 4.45. The van der Waals surface area contributed by atoms with Crippen LogP contribution in [0.5, 0.6) is 5.75 Å². The minimum Gasteiger partial charge on any atom is -0.492 e. The molecule has 2 N–H and O–H groups in total. The first-order chi connectivity index (χ1) is 9.08. The van der Waals surface area contributed by atoms with E-state index in [1.165, 1.54) is 6.07 Å². The Kier molecular flexibility index (Phi) is 4.35. The van der Waals surface area contributed by atoms with Crippen LogP contribution < -0.4 is 10.5 Å². The Balaban J connectivity index is 2.07. The van der Waals surface area contributed by atoms with Crippen molar-refractivity contribution < 1.29 is 13.5 Å². The molecule has 100 valence electrons. The van der Waals surface area contributed by atoms with Crippen LogP contribution in [0.15, 0.2) is 42.5 Å². The molecule has 1 unspecified atom stereocenters. The van der Waals surface area contributed by atoms with E-state index in [1.54, 1.807) is 24.3 Å². The highest BCUT2D eigenvalue weighted by molar-refractivity contribution is 6.30. The summed E-state index contributed by atoms with van der Waals surface area (Å²) in [6.45, 7) is -0.0435. The molecule has 0 fully saturated rings. The Bertz CT molecular complexity index is 557. The van der Waals surface area contributed by atoms with E-state index in [-0.39, 0.29) is 12.2 Å². The smallest absolute Gasteiger partial charge is 0.131 e. The molecular formula is C14H12ClF2NO. The molecule has 2 aromatic rings. The zero-order valence-electron chi connectivity index (χ0n) is 9.95. The Morgan fingerprint density at radius 3 is 2.37 bits per heavy atom. The Hall–Kier alpha value is -1.65. The van der Waals surface area contributed by atoms with Crippen LogP contribution in [0.2, 0.25) is 5.02 Å². The predicted molar refractivity (Wildman–Crippen MR) is 70.2 cm³/mol. The molecular weight excluding hydrogens is 272 g/mol. The lowest BCUT2D eigenvalue weighted by Gasteiger charge is -2.15. The SMILES string of the molecule is NC(COc1cccc(Cl)c1)c1c(F)cccc1F. The van der Waals surface area contributed by atoms with E-state index in [2.05, 4.69) is 0 Å². The molecule has 5 heteroatoms. The molecule has 0 saturated heterocycles. The summed E-state index contributed by atoms with van der Waals surface area (Å²) in [5.74, 6) is -0.857. The first kappa shape index (κ1) is 13.8. The normalized spacial score (nSPS) is 12.2. The lowest BCUT2D eigenvalue weighted by atomic mass is 10.1. The van der Waals surface area contributed by atoms with Gasteiger partial charge in [-0.3, -0.25) is 0 Å². The summed E-state index contributed by atoms with van der Waals surface area (Å²) in [6, 6.07) is 9.44. The van der Waals surface area contributed by atoms with Gasteiger partial charge in [0.05, 0.1) is 6.04 Å². The van der Waals surface area contributed by atoms with Gasteiger partial charge < -0.3 is 10.5 Å². The molecule has 2 aromatic carbocycles. The van der Waals surface area contributed by atoms with E-state index < -0.39 is 17.7 Å². The molecule has 0 amide bonds. The average Bonchev–Trinajstić information content (AvgIpc) is 2.36. The molecule has 0 aliphatic carbocycles. The summed E-state index contributed by atoms with van der Waals surface area (Å²) in [7, 11) is 0. The molecule has 0 spiro atoms. The highest BCUT2D eigenvalue weighted by atomic mass is 35.5. The maximum Gasteiger partial charge on any atom is 0.131 e. The van der Waals surface area contributed by atoms with Crippen LogP contribution in [0.3, 0.4) is 0 Å². The first-order valence-corrected chi connectivity index (χ1v) is 6.03. The van der Waals surface area contributed by atoms with E-state index in [4.69, 9.17) is 22.1 Å². The van der Waals surface area contributed by atoms with Crippen molar-refractivity contribution in [2.24, 2.45) is 5.73 Å². The summed E-state index contributed by atoms with van der Waals surface area (Å²) in [5, 5.41) is 0.517. The number of hydrogen-bond acceptors (Lipinski definition) is 2. The lowest BCUT2D eigenvalue weighted by Crippen LogP contribution is -2.21. The monoisotopic (exact) mass is 283 g/mol. The summed E-state index contributed by atoms with van der Waals surface area (Å²) in [5.41, 5.74) is 5.57. The van der Waals surface area contributed by atoms with E-state index in [1.807, 2.05) is 0 Å². The molecule has 1 atom stereocenters. The zero-order chi connectivity index (χ0) is 13.8. The summed E-state index contributed by atoms with van der Waals surface area (Å²) in [6.07, 6.45) is 0. The van der Waals surface area contributed by atoms with Gasteiger partial charge in [-0.25, -0.2) is 8.78 Å². The summed E-state index contributed by atoms with van der Waals surface area (Å²) in [4.78, 5) is 0. The molecule has 0 bridgehead atoms. The van der Waals surface area contributed by atoms with Crippen LogP contribution in [0.1, 0.15) is 11.6 Å². The van der Waals surface area contributed by atoms with E-state index in [0.29, 0.717) is 10.8 Å². The molecule has 0 saturated carbocycles. The number of benzene rings is 2. The molecule has 2 rings (SSSR count). The van der Waals surface area contributed by atoms with Gasteiger partial charge in [0, 0.05) is 10.6 Å². The molecule has 0 aliphatic rings. The van der Waals surface area contributed by atoms with E-state index >= 15 is 0 Å². The fraction of sp³-hybridized carbons (Fsp3) is 0.143. The quantitative estimate of drug-likeness (QED) is 0.929. The number of halogens is 3. The van der Waals surface area contributed by atoms with Crippen molar-refractivity contribution in [1.82, 2.24) is 0 Å². The van der Waals surface area contributed by atoms with Crippen molar-refractivity contribution in [3.05, 3.63) is 64.7 Å². The number of rotatable bonds is 4. The zero-order valence-corrected chi connectivity index (χ0v) is 10.7. The predicted octanol–water partition coefficient (Wildman–Crippen LogP) is 3.70. The standard InChI is InChI=1S/C14H12ClF2NO/c15-9-3-1-4-10(7-9)19-8-13(18)14-11(16)5-2-6-12(14)17/h1-7,13H,8,18H2. The van der Waals surface area contributed by atoms with Gasteiger partial charge >= 0.3 is 0 Å². The van der Waals surface area contributed by atoms with Crippen molar-refractivity contribution in [2.75, 3.05) is 6.61 Å². The molecule has 0 radical (unpaired) electrons. The van der Waals surface area contributed by atoms with E-state index in [9.17, 15) is 8.78 Å². The maximum absolute atomic E-state index is 13.5. The van der Waals surface area contributed by atoms with E-state index in [0.717, 1.165) is 12.1 Å². The second kappa shape index (κ2) is 5.99. The minimum absolute atomic E-state index is 0.0435. The van der Waals surface area contributed by atoms with Gasteiger partial charge in [0.2, 0.25) is 0 Å². The second-order valence-electron chi connectivity index (χ2n) is 4.01. The topological polar surface area (TPSA) is 35.2 Å². The van der Waals surface area contributed by atoms with Gasteiger partial charge in [0.25, 0.3) is 0 Å². The third-order valence-corrected chi connectivity index (χ3v) is 2.83. The van der Waals surface area contributed by atoms with Crippen molar-refractivity contribution in [2.45, 2.75) is 6.04 Å². The van der Waals surface area contributed by atoms with Gasteiger partial charge in [-0.2, -0.15) is 0 Å². The van der Waals surface area contributed by atoms with Gasteiger partial charge in [0.15, 0.2) is 0 Å². The molecule has 0 aliphatic heterocycles. The maximum atomic E-state index is 13.5. The van der Waals surface area contributed by atoms with Crippen LogP contribution in [0, 0.1) is 11.6 Å². The fourth-order valence-electron chi connectivity index (χ4n) is 1.69. The highest BCUT2D eigenvalue weighted by Gasteiger charge is 2.17. The first-order valence-electron chi connectivity index (χ1n) is 5.66. The molecule has 19 heavy (non-hydrogen) atoms. The molecule has 0 aromatic heterocycles. The van der Waals surface area contributed by atoms with Crippen molar-refractivity contribution >= 4 is 11.6 Å². The lowest BCUT2D eigenvalue weighted by molar-refractivity contribution is 0.284.